The molecule has 0 fully saturated rings. The van der Waals surface area contributed by atoms with Gasteiger partial charge in [-0.05, 0) is 6.07 Å². The molecule has 90 valence electrons. The number of nitro benzene ring substituents is 2. The van der Waals surface area contributed by atoms with E-state index in [0.717, 1.165) is 0 Å². The summed E-state index contributed by atoms with van der Waals surface area (Å²) in [5.41, 5.74) is -2.28. The third kappa shape index (κ3) is 2.71. The Morgan fingerprint density at radius 1 is 1.24 bits per heavy atom. The summed E-state index contributed by atoms with van der Waals surface area (Å²) in [6.07, 6.45) is -0.786. The second-order valence-electron chi connectivity index (χ2n) is 3.02. The molecule has 8 nitrogen and oxygen atoms in total. The molecule has 1 aromatic rings. The molecule has 9 heteroatoms. The topological polar surface area (TPSA) is 124 Å². The van der Waals surface area contributed by atoms with E-state index in [1.54, 1.807) is 0 Å². The molecule has 0 saturated heterocycles. The van der Waals surface area contributed by atoms with Gasteiger partial charge in [0.25, 0.3) is 5.69 Å². The second-order valence-corrected chi connectivity index (χ2v) is 3.02. The van der Waals surface area contributed by atoms with Crippen molar-refractivity contribution < 1.29 is 24.1 Å². The van der Waals surface area contributed by atoms with E-state index in [9.17, 15) is 29.4 Å². The van der Waals surface area contributed by atoms with Gasteiger partial charge in [-0.15, -0.1) is 0 Å². The standard InChI is InChI=1S/C8H5FN2O6/c9-5-1-4(2-8(12)13)6(10(14)15)3-7(5)11(16)17/h1,3H,2H2,(H,12,13). The molecule has 0 amide bonds. The van der Waals surface area contributed by atoms with Crippen LogP contribution in [0.25, 0.3) is 0 Å². The predicted molar refractivity (Wildman–Crippen MR) is 51.0 cm³/mol. The summed E-state index contributed by atoms with van der Waals surface area (Å²) in [7, 11) is 0. The van der Waals surface area contributed by atoms with Crippen molar-refractivity contribution in [1.82, 2.24) is 0 Å². The van der Waals surface area contributed by atoms with Gasteiger partial charge in [0.15, 0.2) is 0 Å². The zero-order valence-electron chi connectivity index (χ0n) is 8.12. The number of carbonyl (C=O) groups is 1. The Hall–Kier alpha value is -2.58. The third-order valence-corrected chi connectivity index (χ3v) is 1.88. The summed E-state index contributed by atoms with van der Waals surface area (Å²) >= 11 is 0. The van der Waals surface area contributed by atoms with Gasteiger partial charge >= 0.3 is 11.7 Å². The quantitative estimate of drug-likeness (QED) is 0.628. The van der Waals surface area contributed by atoms with E-state index in [2.05, 4.69) is 0 Å². The Balaban J connectivity index is 3.40. The normalized spacial score (nSPS) is 9.94. The van der Waals surface area contributed by atoms with Crippen molar-refractivity contribution in [2.24, 2.45) is 0 Å². The highest BCUT2D eigenvalue weighted by atomic mass is 19.1. The molecule has 1 aromatic carbocycles. The largest absolute Gasteiger partial charge is 0.481 e. The van der Waals surface area contributed by atoms with Gasteiger partial charge in [0, 0.05) is 5.56 Å². The molecular weight excluding hydrogens is 239 g/mol. The minimum Gasteiger partial charge on any atom is -0.481 e. The van der Waals surface area contributed by atoms with Crippen LogP contribution in [-0.4, -0.2) is 20.9 Å². The monoisotopic (exact) mass is 244 g/mol. The molecule has 0 aromatic heterocycles. The highest BCUT2D eigenvalue weighted by Crippen LogP contribution is 2.28. The number of nitro groups is 2. The van der Waals surface area contributed by atoms with Crippen LogP contribution in [-0.2, 0) is 11.2 Å². The van der Waals surface area contributed by atoms with Crippen LogP contribution in [0.4, 0.5) is 15.8 Å². The fraction of sp³-hybridized carbons (Fsp3) is 0.125. The second kappa shape index (κ2) is 4.51. The molecule has 0 unspecified atom stereocenters. The lowest BCUT2D eigenvalue weighted by Crippen LogP contribution is -2.06. The van der Waals surface area contributed by atoms with E-state index in [1.807, 2.05) is 0 Å². The molecule has 0 aliphatic rings. The number of carboxylic acid groups (broad SMARTS) is 1. The van der Waals surface area contributed by atoms with Gasteiger partial charge in [-0.3, -0.25) is 25.0 Å². The average Bonchev–Trinajstić information content (AvgIpc) is 2.15. The van der Waals surface area contributed by atoms with E-state index >= 15 is 0 Å². The Bertz CT molecular complexity index is 515. The Morgan fingerprint density at radius 3 is 2.18 bits per heavy atom. The molecule has 0 saturated carbocycles. The van der Waals surface area contributed by atoms with Crippen LogP contribution in [0.1, 0.15) is 5.56 Å². The van der Waals surface area contributed by atoms with Gasteiger partial charge in [0.1, 0.15) is 0 Å². The molecule has 0 aliphatic heterocycles. The number of carboxylic acids is 1. The van der Waals surface area contributed by atoms with E-state index in [1.165, 1.54) is 0 Å². The van der Waals surface area contributed by atoms with Crippen molar-refractivity contribution in [2.75, 3.05) is 0 Å². The Kier molecular flexibility index (Phi) is 3.31. The highest BCUT2D eigenvalue weighted by Gasteiger charge is 2.25. The van der Waals surface area contributed by atoms with Crippen molar-refractivity contribution >= 4 is 17.3 Å². The fourth-order valence-corrected chi connectivity index (χ4v) is 1.21. The van der Waals surface area contributed by atoms with Gasteiger partial charge in [0.2, 0.25) is 5.82 Å². The minimum absolute atomic E-state index is 0.410. The zero-order valence-corrected chi connectivity index (χ0v) is 8.12. The number of nitrogens with zero attached hydrogens (tertiary/aromatic N) is 2. The number of rotatable bonds is 4. The summed E-state index contributed by atoms with van der Waals surface area (Å²) in [4.78, 5) is 29.2. The molecule has 1 rings (SSSR count). The minimum atomic E-state index is -1.40. The molecule has 17 heavy (non-hydrogen) atoms. The Labute approximate surface area is 92.6 Å². The van der Waals surface area contributed by atoms with Crippen molar-refractivity contribution in [3.05, 3.63) is 43.7 Å². The van der Waals surface area contributed by atoms with Crippen LogP contribution in [0, 0.1) is 26.0 Å². The van der Waals surface area contributed by atoms with Crippen molar-refractivity contribution in [3.8, 4) is 0 Å². The fourth-order valence-electron chi connectivity index (χ4n) is 1.21. The van der Waals surface area contributed by atoms with Gasteiger partial charge in [-0.1, -0.05) is 0 Å². The molecule has 0 aliphatic carbocycles. The van der Waals surface area contributed by atoms with E-state index in [0.29, 0.717) is 12.1 Å². The molecule has 0 atom stereocenters. The van der Waals surface area contributed by atoms with Crippen LogP contribution in [0.2, 0.25) is 0 Å². The molecule has 1 N–H and O–H groups in total. The first-order chi connectivity index (χ1) is 7.82. The van der Waals surface area contributed by atoms with E-state index in [4.69, 9.17) is 5.11 Å². The maximum absolute atomic E-state index is 13.1. The third-order valence-electron chi connectivity index (χ3n) is 1.88. The van der Waals surface area contributed by atoms with Crippen LogP contribution in [0.5, 0.6) is 0 Å². The number of aliphatic carboxylic acids is 1. The van der Waals surface area contributed by atoms with Gasteiger partial charge in [0.05, 0.1) is 22.3 Å². The van der Waals surface area contributed by atoms with E-state index in [-0.39, 0.29) is 0 Å². The van der Waals surface area contributed by atoms with Crippen molar-refractivity contribution in [2.45, 2.75) is 6.42 Å². The van der Waals surface area contributed by atoms with Gasteiger partial charge in [-0.25, -0.2) is 0 Å². The first-order valence-corrected chi connectivity index (χ1v) is 4.16. The lowest BCUT2D eigenvalue weighted by atomic mass is 10.1. The summed E-state index contributed by atoms with van der Waals surface area (Å²) in [6, 6.07) is 0.901. The SMILES string of the molecule is O=C(O)Cc1cc(F)c([N+](=O)[O-])cc1[N+](=O)[O-]. The molecule has 0 radical (unpaired) electrons. The maximum atomic E-state index is 13.1. The van der Waals surface area contributed by atoms with E-state index < -0.39 is 45.0 Å². The smallest absolute Gasteiger partial charge is 0.311 e. The lowest BCUT2D eigenvalue weighted by Gasteiger charge is -2.01. The zero-order chi connectivity index (χ0) is 13.2. The number of halogens is 1. The number of benzene rings is 1. The van der Waals surface area contributed by atoms with Crippen molar-refractivity contribution in [3.63, 3.8) is 0 Å². The van der Waals surface area contributed by atoms with Crippen LogP contribution in [0.15, 0.2) is 12.1 Å². The first-order valence-electron chi connectivity index (χ1n) is 4.16. The first kappa shape index (κ1) is 12.5. The summed E-state index contributed by atoms with van der Waals surface area (Å²) in [6.45, 7) is 0. The molecular formula is C8H5FN2O6. The van der Waals surface area contributed by atoms with Gasteiger partial charge in [-0.2, -0.15) is 4.39 Å². The van der Waals surface area contributed by atoms with Crippen LogP contribution in [0.3, 0.4) is 0 Å². The van der Waals surface area contributed by atoms with Crippen LogP contribution >= 0.6 is 0 Å². The summed E-state index contributed by atoms with van der Waals surface area (Å²) in [5, 5.41) is 29.4. The molecule has 0 heterocycles. The number of hydrogen-bond donors (Lipinski definition) is 1. The maximum Gasteiger partial charge on any atom is 0.311 e. The van der Waals surface area contributed by atoms with Crippen molar-refractivity contribution in [1.29, 1.82) is 0 Å². The number of hydrogen-bond acceptors (Lipinski definition) is 5. The molecule has 0 bridgehead atoms. The highest BCUT2D eigenvalue weighted by molar-refractivity contribution is 5.72. The average molecular weight is 244 g/mol. The summed E-state index contributed by atoms with van der Waals surface area (Å²) in [5.74, 6) is -2.71. The van der Waals surface area contributed by atoms with Gasteiger partial charge < -0.3 is 5.11 Å². The predicted octanol–water partition coefficient (Wildman–Crippen LogP) is 1.27. The van der Waals surface area contributed by atoms with Crippen LogP contribution < -0.4 is 0 Å². The summed E-state index contributed by atoms with van der Waals surface area (Å²) < 4.78 is 13.1. The Morgan fingerprint density at radius 2 is 1.76 bits per heavy atom. The lowest BCUT2D eigenvalue weighted by molar-refractivity contribution is -0.396. The molecule has 0 spiro atoms.